The fourth-order valence-corrected chi connectivity index (χ4v) is 4.18. The lowest BCUT2D eigenvalue weighted by atomic mass is 9.97. The summed E-state index contributed by atoms with van der Waals surface area (Å²) >= 11 is 0. The van der Waals surface area contributed by atoms with E-state index in [0.717, 1.165) is 17.0 Å². The summed E-state index contributed by atoms with van der Waals surface area (Å²) in [6, 6.07) is 3.58. The Kier molecular flexibility index (Phi) is 8.57. The number of aliphatic hydroxyl groups is 1. The maximum Gasteiger partial charge on any atom is 0.414 e. The number of nitrogens with zero attached hydrogens (tertiary/aromatic N) is 3. The Morgan fingerprint density at radius 1 is 1.27 bits per heavy atom. The molecule has 2 aliphatic rings. The van der Waals surface area contributed by atoms with Crippen molar-refractivity contribution in [1.82, 2.24) is 15.4 Å². The van der Waals surface area contributed by atoms with Crippen LogP contribution in [0, 0.1) is 11.6 Å². The number of rotatable bonds is 8. The van der Waals surface area contributed by atoms with Gasteiger partial charge in [-0.15, -0.1) is 0 Å². The summed E-state index contributed by atoms with van der Waals surface area (Å²) in [5.41, 5.74) is -0.665. The van der Waals surface area contributed by atoms with Gasteiger partial charge in [0.1, 0.15) is 36.2 Å². The molecule has 216 valence electrons. The van der Waals surface area contributed by atoms with E-state index in [-0.39, 0.29) is 56.3 Å². The largest absolute Gasteiger partial charge is 0.471 e. The molecule has 0 saturated carbocycles. The summed E-state index contributed by atoms with van der Waals surface area (Å²) in [5.74, 6) is -2.18. The van der Waals surface area contributed by atoms with E-state index >= 15 is 8.78 Å². The molecule has 2 aliphatic heterocycles. The third-order valence-corrected chi connectivity index (χ3v) is 6.01. The number of halogens is 2. The van der Waals surface area contributed by atoms with Crippen LogP contribution in [0.3, 0.4) is 0 Å². The fourth-order valence-electron chi connectivity index (χ4n) is 4.18. The van der Waals surface area contributed by atoms with Crippen LogP contribution in [-0.2, 0) is 14.3 Å². The van der Waals surface area contributed by atoms with Crippen LogP contribution in [0.15, 0.2) is 35.1 Å². The molecular weight excluding hydrogens is 534 g/mol. The van der Waals surface area contributed by atoms with Crippen LogP contribution in [0.4, 0.5) is 24.1 Å². The average Bonchev–Trinajstić information content (AvgIpc) is 3.54. The van der Waals surface area contributed by atoms with Crippen molar-refractivity contribution in [2.75, 3.05) is 37.7 Å². The summed E-state index contributed by atoms with van der Waals surface area (Å²) < 4.78 is 50.5. The minimum atomic E-state index is -1.51. The van der Waals surface area contributed by atoms with E-state index in [2.05, 4.69) is 15.0 Å². The van der Waals surface area contributed by atoms with Crippen molar-refractivity contribution in [2.24, 2.45) is 0 Å². The fraction of sp³-hybridized carbons (Fsp3) is 0.462. The molecule has 12 nitrogen and oxygen atoms in total. The Balaban J connectivity index is 1.35. The maximum absolute atomic E-state index is 15.1. The predicted octanol–water partition coefficient (Wildman–Crippen LogP) is 2.86. The second kappa shape index (κ2) is 11.9. The standard InChI is InChI=1S/C26H30F2N4O8/c1-26(2,3)40-24(35)29-12-20(33)23(34)31-7-4-15(5-8-31)22-18(27)10-16(11-19(22)28)32-13-17(39-25(32)36)14-37-21-6-9-38-30-21/h4,6,9-11,17,20,33H,5,7-8,12-14H2,1-3H3,(H,29,35)/t17-,20+/m1/s1. The van der Waals surface area contributed by atoms with E-state index in [0.29, 0.717) is 5.57 Å². The molecule has 1 aromatic heterocycles. The number of amides is 3. The minimum Gasteiger partial charge on any atom is -0.471 e. The van der Waals surface area contributed by atoms with Crippen LogP contribution in [0.25, 0.3) is 5.57 Å². The number of anilines is 1. The van der Waals surface area contributed by atoms with Gasteiger partial charge in [-0.3, -0.25) is 9.69 Å². The predicted molar refractivity (Wildman–Crippen MR) is 135 cm³/mol. The number of hydrogen-bond acceptors (Lipinski definition) is 9. The molecule has 2 aromatic rings. The van der Waals surface area contributed by atoms with Crippen molar-refractivity contribution in [2.45, 2.75) is 45.0 Å². The molecule has 0 bridgehead atoms. The van der Waals surface area contributed by atoms with E-state index in [1.165, 1.54) is 23.3 Å². The highest BCUT2D eigenvalue weighted by Crippen LogP contribution is 2.32. The molecule has 40 heavy (non-hydrogen) atoms. The monoisotopic (exact) mass is 564 g/mol. The number of alkyl carbamates (subject to hydrolysis) is 1. The Labute approximate surface area is 228 Å². The van der Waals surface area contributed by atoms with E-state index in [9.17, 15) is 19.5 Å². The Bertz CT molecular complexity index is 1250. The van der Waals surface area contributed by atoms with Crippen LogP contribution < -0.4 is 15.0 Å². The van der Waals surface area contributed by atoms with Gasteiger partial charge >= 0.3 is 12.2 Å². The van der Waals surface area contributed by atoms with Gasteiger partial charge < -0.3 is 34.1 Å². The molecule has 1 saturated heterocycles. The van der Waals surface area contributed by atoms with Gasteiger partial charge in [-0.25, -0.2) is 18.4 Å². The summed E-state index contributed by atoms with van der Waals surface area (Å²) in [6.45, 7) is 4.78. The molecule has 4 rings (SSSR count). The molecule has 14 heteroatoms. The molecule has 0 aliphatic carbocycles. The van der Waals surface area contributed by atoms with Gasteiger partial charge in [-0.1, -0.05) is 6.08 Å². The quantitative estimate of drug-likeness (QED) is 0.495. The zero-order valence-electron chi connectivity index (χ0n) is 22.2. The zero-order chi connectivity index (χ0) is 29.0. The lowest BCUT2D eigenvalue weighted by molar-refractivity contribution is -0.139. The number of ether oxygens (including phenoxy) is 3. The van der Waals surface area contributed by atoms with Crippen LogP contribution in [-0.4, -0.2) is 83.9 Å². The lowest BCUT2D eigenvalue weighted by Crippen LogP contribution is -2.47. The first-order valence-corrected chi connectivity index (χ1v) is 12.5. The molecule has 2 N–H and O–H groups in total. The minimum absolute atomic E-state index is 0.00392. The first-order valence-electron chi connectivity index (χ1n) is 12.5. The smallest absolute Gasteiger partial charge is 0.414 e. The van der Waals surface area contributed by atoms with Crippen molar-refractivity contribution in [3.8, 4) is 5.88 Å². The third-order valence-electron chi connectivity index (χ3n) is 6.01. The molecule has 3 heterocycles. The number of aliphatic hydroxyl groups excluding tert-OH is 1. The van der Waals surface area contributed by atoms with Gasteiger partial charge in [-0.2, -0.15) is 0 Å². The molecule has 0 spiro atoms. The van der Waals surface area contributed by atoms with Crippen molar-refractivity contribution >= 4 is 29.4 Å². The first kappa shape index (κ1) is 28.8. The molecule has 1 fully saturated rings. The van der Waals surface area contributed by atoms with Gasteiger partial charge in [0.25, 0.3) is 11.8 Å². The van der Waals surface area contributed by atoms with E-state index in [1.54, 1.807) is 20.8 Å². The van der Waals surface area contributed by atoms with E-state index in [4.69, 9.17) is 14.2 Å². The van der Waals surface area contributed by atoms with Gasteiger partial charge in [0, 0.05) is 24.7 Å². The number of carbonyl (C=O) groups is 3. The van der Waals surface area contributed by atoms with Crippen LogP contribution in [0.5, 0.6) is 5.88 Å². The normalized spacial score (nSPS) is 18.2. The van der Waals surface area contributed by atoms with Crippen LogP contribution in [0.1, 0.15) is 32.8 Å². The van der Waals surface area contributed by atoms with Crippen LogP contribution in [0.2, 0.25) is 0 Å². The van der Waals surface area contributed by atoms with Crippen molar-refractivity contribution in [3.05, 3.63) is 47.7 Å². The summed E-state index contributed by atoms with van der Waals surface area (Å²) in [7, 11) is 0. The number of cyclic esters (lactones) is 1. The molecule has 2 atom stereocenters. The van der Waals surface area contributed by atoms with E-state index in [1.807, 2.05) is 0 Å². The SMILES string of the molecule is CC(C)(C)OC(=O)NC[C@H](O)C(=O)N1CC=C(c2c(F)cc(N3C[C@H](COc4ccon4)OC3=O)cc2F)CC1. The zero-order valence-corrected chi connectivity index (χ0v) is 22.2. The number of carbonyl (C=O) groups excluding carboxylic acids is 3. The van der Waals surface area contributed by atoms with Gasteiger partial charge in [0.05, 0.1) is 18.8 Å². The summed E-state index contributed by atoms with van der Waals surface area (Å²) in [6.07, 6.45) is -0.799. The van der Waals surface area contributed by atoms with Crippen molar-refractivity contribution in [1.29, 1.82) is 0 Å². The number of benzene rings is 1. The van der Waals surface area contributed by atoms with Gasteiger partial charge in [-0.05, 0) is 50.1 Å². The number of nitrogens with one attached hydrogen (secondary N) is 1. The number of hydrogen-bond donors (Lipinski definition) is 2. The molecule has 1 aromatic carbocycles. The maximum atomic E-state index is 15.1. The lowest BCUT2D eigenvalue weighted by Gasteiger charge is -2.29. The average molecular weight is 565 g/mol. The van der Waals surface area contributed by atoms with Crippen LogP contribution >= 0.6 is 0 Å². The topological polar surface area (TPSA) is 144 Å². The third kappa shape index (κ3) is 7.05. The summed E-state index contributed by atoms with van der Waals surface area (Å²) in [4.78, 5) is 39.1. The van der Waals surface area contributed by atoms with Crippen molar-refractivity contribution in [3.63, 3.8) is 0 Å². The first-order chi connectivity index (χ1) is 18.9. The second-order valence-electron chi connectivity index (χ2n) is 10.2. The van der Waals surface area contributed by atoms with E-state index < -0.39 is 47.5 Å². The Hall–Kier alpha value is -4.20. The highest BCUT2D eigenvalue weighted by atomic mass is 19.1. The molecule has 3 amide bonds. The Morgan fingerprint density at radius 3 is 2.60 bits per heavy atom. The molecule has 0 radical (unpaired) electrons. The second-order valence-corrected chi connectivity index (χ2v) is 10.2. The highest BCUT2D eigenvalue weighted by molar-refractivity contribution is 5.90. The molecule has 0 unspecified atom stereocenters. The van der Waals surface area contributed by atoms with Crippen molar-refractivity contribution < 1.29 is 47.0 Å². The Morgan fingerprint density at radius 2 is 2.00 bits per heavy atom. The van der Waals surface area contributed by atoms with Gasteiger partial charge in [0.15, 0.2) is 6.10 Å². The number of aromatic nitrogens is 1. The van der Waals surface area contributed by atoms with Gasteiger partial charge in [0.2, 0.25) is 0 Å². The molecular formula is C26H30F2N4O8. The highest BCUT2D eigenvalue weighted by Gasteiger charge is 2.34. The summed E-state index contributed by atoms with van der Waals surface area (Å²) in [5, 5.41) is 16.1.